The lowest BCUT2D eigenvalue weighted by Gasteiger charge is -2.44. The second-order valence-corrected chi connectivity index (χ2v) is 56.6. The highest BCUT2D eigenvalue weighted by Crippen LogP contribution is 2.32. The van der Waals surface area contributed by atoms with Gasteiger partial charge in [0.15, 0.2) is 29.2 Å². The largest absolute Gasteiger partial charge is 0.436 e. The van der Waals surface area contributed by atoms with Crippen LogP contribution in [0.3, 0.4) is 0 Å². The molecule has 2 saturated heterocycles. The van der Waals surface area contributed by atoms with Crippen molar-refractivity contribution in [2.24, 2.45) is 0 Å². The molecule has 0 aromatic rings. The molecule has 31 heteroatoms. The Balaban J connectivity index is 1.90. The van der Waals surface area contributed by atoms with Crippen molar-refractivity contribution in [2.45, 2.75) is 231 Å². The summed E-state index contributed by atoms with van der Waals surface area (Å²) < 4.78 is 86.1. The van der Waals surface area contributed by atoms with E-state index in [1.54, 1.807) is 13.8 Å². The van der Waals surface area contributed by atoms with E-state index >= 15 is 0 Å². The fraction of sp³-hybridized carbons (Fsp3) is 0.950. The van der Waals surface area contributed by atoms with Gasteiger partial charge in [-0.2, -0.15) is 0 Å². The van der Waals surface area contributed by atoms with Crippen molar-refractivity contribution in [1.82, 2.24) is 0 Å². The van der Waals surface area contributed by atoms with Crippen LogP contribution in [0.5, 0.6) is 0 Å². The van der Waals surface area contributed by atoms with Crippen molar-refractivity contribution in [3.05, 3.63) is 0 Å². The van der Waals surface area contributed by atoms with Crippen molar-refractivity contribution in [3.63, 3.8) is 0 Å². The minimum Gasteiger partial charge on any atom is -0.436 e. The predicted octanol–water partition coefficient (Wildman–Crippen LogP) is 4.69. The molecule has 0 amide bonds. The summed E-state index contributed by atoms with van der Waals surface area (Å²) in [5.41, 5.74) is 0. The molecule has 0 aliphatic carbocycles. The summed E-state index contributed by atoms with van der Waals surface area (Å²) in [5.74, 6) is -1.26. The standard InChI is InChI=1S/C40H92O22Si9/c1-21-49-37-33(45)31(43)35(47)39(53-37)51-29(41)25-23-27-63(3,4)55-65(7,8)57-67(11,12)59-69(15,16)61-71(19,20)62-70(17,18)60-68(13,14)58-66(9,10)56-64(5,6)28-24-26-30(42)52-40-36(48)32(44)34(46)38(54-40)50-22-2/h31-40,43-48H,21-28H2,1-20H3/t31-,32-,33+,34+,35-,36-,37?,38?,39-,40-/m0/s1. The van der Waals surface area contributed by atoms with Gasteiger partial charge in [-0.3, -0.25) is 9.59 Å². The fourth-order valence-electron chi connectivity index (χ4n) is 9.26. The molecule has 2 heterocycles. The van der Waals surface area contributed by atoms with Gasteiger partial charge >= 0.3 is 71.9 Å². The Morgan fingerprint density at radius 1 is 0.366 bits per heavy atom. The van der Waals surface area contributed by atoms with E-state index in [-0.39, 0.29) is 26.1 Å². The number of aliphatic hydroxyl groups excluding tert-OH is 6. The molecule has 0 radical (unpaired) electrons. The maximum atomic E-state index is 12.7. The Morgan fingerprint density at radius 3 is 0.831 bits per heavy atom. The lowest BCUT2D eigenvalue weighted by Crippen LogP contribution is -2.62. The van der Waals surface area contributed by atoms with Crippen LogP contribution in [0, 0.1) is 0 Å². The van der Waals surface area contributed by atoms with Gasteiger partial charge in [-0.25, -0.2) is 0 Å². The van der Waals surface area contributed by atoms with Crippen LogP contribution in [0.25, 0.3) is 0 Å². The van der Waals surface area contributed by atoms with Gasteiger partial charge in [0.25, 0.3) is 0 Å². The number of rotatable bonds is 30. The number of hydrogen-bond acceptors (Lipinski definition) is 22. The Labute approximate surface area is 432 Å². The van der Waals surface area contributed by atoms with Crippen molar-refractivity contribution in [1.29, 1.82) is 0 Å². The van der Waals surface area contributed by atoms with Crippen molar-refractivity contribution >= 4 is 88.5 Å². The number of ether oxygens (including phenoxy) is 6. The van der Waals surface area contributed by atoms with Crippen LogP contribution in [0.1, 0.15) is 39.5 Å². The maximum Gasteiger partial charge on any atom is 0.314 e. The maximum absolute atomic E-state index is 12.7. The molecule has 2 aliphatic heterocycles. The zero-order valence-electron chi connectivity index (χ0n) is 46.1. The molecule has 6 N–H and O–H groups in total. The number of esters is 2. The zero-order valence-corrected chi connectivity index (χ0v) is 55.1. The van der Waals surface area contributed by atoms with Crippen LogP contribution in [-0.2, 0) is 70.9 Å². The summed E-state index contributed by atoms with van der Waals surface area (Å²) in [6, 6.07) is 1.23. The number of carbonyl (C=O) groups is 2. The molecule has 0 spiro atoms. The molecule has 22 nitrogen and oxygen atoms in total. The second-order valence-electron chi connectivity index (χ2n) is 22.4. The van der Waals surface area contributed by atoms with Crippen molar-refractivity contribution in [3.8, 4) is 0 Å². The lowest BCUT2D eigenvalue weighted by molar-refractivity contribution is -0.341. The van der Waals surface area contributed by atoms with Gasteiger partial charge in [-0.05, 0) is 157 Å². The van der Waals surface area contributed by atoms with E-state index in [4.69, 9.17) is 61.3 Å². The Bertz CT molecular complexity index is 1560. The molecule has 71 heavy (non-hydrogen) atoms. The first-order valence-electron chi connectivity index (χ1n) is 24.6. The fourth-order valence-corrected chi connectivity index (χ4v) is 55.0. The molecule has 2 fully saturated rings. The molecule has 2 unspecified atom stereocenters. The highest BCUT2D eigenvalue weighted by atomic mass is 28.5. The molecule has 0 aromatic heterocycles. The van der Waals surface area contributed by atoms with Crippen LogP contribution in [0.4, 0.5) is 0 Å². The third-order valence-corrected chi connectivity index (χ3v) is 45.6. The molecule has 2 rings (SSSR count). The van der Waals surface area contributed by atoms with Crippen LogP contribution in [0.2, 0.25) is 130 Å². The Kier molecular flexibility index (Phi) is 25.3. The summed E-state index contributed by atoms with van der Waals surface area (Å²) in [6.45, 7) is 39.7. The highest BCUT2D eigenvalue weighted by Gasteiger charge is 2.51. The highest BCUT2D eigenvalue weighted by molar-refractivity contribution is 6.93. The van der Waals surface area contributed by atoms with Gasteiger partial charge in [0.2, 0.25) is 12.6 Å². The molecule has 2 aliphatic rings. The van der Waals surface area contributed by atoms with Crippen LogP contribution in [-0.4, -0.2) is 194 Å². The first-order valence-corrected chi connectivity index (χ1v) is 50.5. The Hall–Kier alpha value is 0.172. The molecule has 0 bridgehead atoms. The van der Waals surface area contributed by atoms with Crippen molar-refractivity contribution in [2.75, 3.05) is 13.2 Å². The van der Waals surface area contributed by atoms with Gasteiger partial charge in [0.05, 0.1) is 0 Å². The molecular formula is C40H92O22Si9. The van der Waals surface area contributed by atoms with Crippen LogP contribution < -0.4 is 0 Å². The van der Waals surface area contributed by atoms with E-state index in [0.29, 0.717) is 24.9 Å². The first-order chi connectivity index (χ1) is 32.0. The smallest absolute Gasteiger partial charge is 0.314 e. The van der Waals surface area contributed by atoms with E-state index < -0.39 is 150 Å². The summed E-state index contributed by atoms with van der Waals surface area (Å²) >= 11 is 0. The quantitative estimate of drug-likeness (QED) is 0.0420. The second kappa shape index (κ2) is 26.7. The van der Waals surface area contributed by atoms with E-state index in [1.807, 2.05) is 91.7 Å². The van der Waals surface area contributed by atoms with E-state index in [9.17, 15) is 40.2 Å². The third-order valence-electron chi connectivity index (χ3n) is 10.5. The van der Waals surface area contributed by atoms with E-state index in [0.717, 1.165) is 0 Å². The molecular weight excluding hydrogens is 1090 g/mol. The normalized spacial score (nSPS) is 26.9. The van der Waals surface area contributed by atoms with E-state index in [2.05, 4.69) is 26.2 Å². The minimum atomic E-state index is -2.88. The van der Waals surface area contributed by atoms with Gasteiger partial charge in [-0.15, -0.1) is 0 Å². The lowest BCUT2D eigenvalue weighted by atomic mass is 10.0. The molecule has 10 atom stereocenters. The van der Waals surface area contributed by atoms with Gasteiger partial charge < -0.3 is 92.0 Å². The number of hydrogen-bond donors (Lipinski definition) is 6. The molecule has 0 saturated carbocycles. The van der Waals surface area contributed by atoms with Gasteiger partial charge in [0.1, 0.15) is 36.6 Å². The summed E-state index contributed by atoms with van der Waals surface area (Å²) in [6.07, 6.45) is -14.0. The third kappa shape index (κ3) is 24.2. The van der Waals surface area contributed by atoms with Crippen LogP contribution in [0.15, 0.2) is 0 Å². The topological polar surface area (TPSA) is 285 Å². The SMILES string of the molecule is CCOC1O[C@H](OC(=O)CCC[Si](C)(C)O[Si](C)(C)O[Si](C)(C)O[Si](C)(C)O[Si](C)(C)O[Si](C)(C)O[Si](C)(C)O[Si](C)(C)O[Si](C)(C)CCCC(=O)O[C@H]2OC(OCC)[C@H](O)[C@H](O)[C@@H]2O)[C@@H](O)[C@@H](O)[C@H]1O. The average molecular weight is 1180 g/mol. The molecule has 420 valence electrons. The summed E-state index contributed by atoms with van der Waals surface area (Å²) in [5, 5.41) is 61.3. The van der Waals surface area contributed by atoms with Crippen molar-refractivity contribution < 1.29 is 102 Å². The average Bonchev–Trinajstić information content (AvgIpc) is 3.12. The molecule has 0 aromatic carbocycles. The van der Waals surface area contributed by atoms with E-state index in [1.165, 1.54) is 0 Å². The summed E-state index contributed by atoms with van der Waals surface area (Å²) in [7, 11) is -24.6. The van der Waals surface area contributed by atoms with Gasteiger partial charge in [-0.1, -0.05) is 0 Å². The first kappa shape index (κ1) is 67.3. The Morgan fingerprint density at radius 2 is 0.592 bits per heavy atom. The van der Waals surface area contributed by atoms with Crippen LogP contribution >= 0.6 is 0 Å². The zero-order chi connectivity index (χ0) is 55.0. The number of aliphatic hydroxyl groups is 6. The monoisotopic (exact) mass is 1180 g/mol. The van der Waals surface area contributed by atoms with Gasteiger partial charge in [0, 0.05) is 26.1 Å². The summed E-state index contributed by atoms with van der Waals surface area (Å²) in [4.78, 5) is 25.5. The predicted molar refractivity (Wildman–Crippen MR) is 283 cm³/mol. The minimum absolute atomic E-state index is 0.0233. The number of carbonyl (C=O) groups excluding carboxylic acids is 2.